The monoisotopic (exact) mass is 168 g/mol. The molecular formula is C9H11ClN. The molecule has 0 amide bonds. The summed E-state index contributed by atoms with van der Waals surface area (Å²) in [6.45, 7) is 0.889. The molecular weight excluding hydrogens is 158 g/mol. The van der Waals surface area contributed by atoms with Crippen LogP contribution in [0, 0.1) is 6.07 Å². The number of nitrogens with zero attached hydrogens (tertiary/aromatic N) is 1. The molecule has 11 heavy (non-hydrogen) atoms. The van der Waals surface area contributed by atoms with E-state index in [1.807, 2.05) is 32.3 Å². The zero-order valence-electron chi connectivity index (χ0n) is 6.76. The second-order valence-electron chi connectivity index (χ2n) is 2.77. The molecule has 0 unspecified atom stereocenters. The van der Waals surface area contributed by atoms with Crippen LogP contribution in [0.5, 0.6) is 0 Å². The van der Waals surface area contributed by atoms with Crippen LogP contribution in [0.15, 0.2) is 18.2 Å². The lowest BCUT2D eigenvalue weighted by Gasteiger charge is -2.08. The van der Waals surface area contributed by atoms with Gasteiger partial charge in [-0.1, -0.05) is 17.7 Å². The van der Waals surface area contributed by atoms with Crippen molar-refractivity contribution in [3.8, 4) is 0 Å². The quantitative estimate of drug-likeness (QED) is 0.655. The highest BCUT2D eigenvalue weighted by Crippen LogP contribution is 2.10. The Hall–Kier alpha value is -0.530. The molecule has 0 fully saturated rings. The fraction of sp³-hybridized carbons (Fsp3) is 0.333. The van der Waals surface area contributed by atoms with Gasteiger partial charge in [-0.3, -0.25) is 0 Å². The topological polar surface area (TPSA) is 3.24 Å². The molecule has 1 rings (SSSR count). The molecule has 0 aromatic heterocycles. The molecule has 0 aliphatic heterocycles. The van der Waals surface area contributed by atoms with Crippen LogP contribution >= 0.6 is 11.6 Å². The van der Waals surface area contributed by atoms with Crippen LogP contribution in [-0.4, -0.2) is 19.0 Å². The third kappa shape index (κ3) is 2.91. The van der Waals surface area contributed by atoms with Gasteiger partial charge in [0.05, 0.1) is 0 Å². The van der Waals surface area contributed by atoms with Crippen molar-refractivity contribution >= 4 is 11.6 Å². The van der Waals surface area contributed by atoms with Gasteiger partial charge in [0.15, 0.2) is 0 Å². The predicted octanol–water partition coefficient (Wildman–Crippen LogP) is 2.20. The fourth-order valence-electron chi connectivity index (χ4n) is 0.917. The molecule has 59 valence electrons. The highest BCUT2D eigenvalue weighted by Gasteiger charge is 1.94. The van der Waals surface area contributed by atoms with Gasteiger partial charge < -0.3 is 4.90 Å². The molecule has 0 bridgehead atoms. The molecule has 0 atom stereocenters. The third-order valence-corrected chi connectivity index (χ3v) is 1.55. The van der Waals surface area contributed by atoms with Crippen LogP contribution in [-0.2, 0) is 6.54 Å². The molecule has 1 nitrogen and oxygen atoms in total. The highest BCUT2D eigenvalue weighted by atomic mass is 35.5. The fourth-order valence-corrected chi connectivity index (χ4v) is 1.11. The lowest BCUT2D eigenvalue weighted by atomic mass is 10.2. The average molecular weight is 169 g/mol. The molecule has 1 aromatic rings. The van der Waals surface area contributed by atoms with Gasteiger partial charge in [0.25, 0.3) is 0 Å². The first-order valence-electron chi connectivity index (χ1n) is 3.49. The second-order valence-corrected chi connectivity index (χ2v) is 3.21. The van der Waals surface area contributed by atoms with E-state index in [-0.39, 0.29) is 0 Å². The molecule has 1 radical (unpaired) electrons. The van der Waals surface area contributed by atoms with E-state index in [1.165, 1.54) is 0 Å². The Morgan fingerprint density at radius 2 is 2.27 bits per heavy atom. The van der Waals surface area contributed by atoms with Crippen molar-refractivity contribution in [2.45, 2.75) is 6.54 Å². The lowest BCUT2D eigenvalue weighted by molar-refractivity contribution is 0.402. The lowest BCUT2D eigenvalue weighted by Crippen LogP contribution is -2.10. The Balaban J connectivity index is 2.71. The van der Waals surface area contributed by atoms with Crippen molar-refractivity contribution in [2.75, 3.05) is 14.1 Å². The Bertz CT molecular complexity index is 233. The summed E-state index contributed by atoms with van der Waals surface area (Å²) in [4.78, 5) is 2.09. The van der Waals surface area contributed by atoms with Crippen molar-refractivity contribution < 1.29 is 0 Å². The Kier molecular flexibility index (Phi) is 2.92. The van der Waals surface area contributed by atoms with Crippen LogP contribution in [0.3, 0.4) is 0 Å². The van der Waals surface area contributed by atoms with E-state index in [0.29, 0.717) is 0 Å². The summed E-state index contributed by atoms with van der Waals surface area (Å²) in [5.74, 6) is 0. The van der Waals surface area contributed by atoms with Crippen LogP contribution < -0.4 is 0 Å². The normalized spacial score (nSPS) is 10.5. The van der Waals surface area contributed by atoms with Crippen molar-refractivity contribution in [1.82, 2.24) is 4.90 Å². The van der Waals surface area contributed by atoms with Gasteiger partial charge in [0, 0.05) is 11.6 Å². The van der Waals surface area contributed by atoms with Crippen molar-refractivity contribution in [3.05, 3.63) is 34.9 Å². The highest BCUT2D eigenvalue weighted by molar-refractivity contribution is 6.30. The van der Waals surface area contributed by atoms with Gasteiger partial charge in [-0.15, -0.1) is 0 Å². The number of halogens is 1. The molecule has 2 heteroatoms. The van der Waals surface area contributed by atoms with E-state index in [1.54, 1.807) is 0 Å². The van der Waals surface area contributed by atoms with E-state index >= 15 is 0 Å². The second kappa shape index (κ2) is 3.74. The molecule has 0 saturated carbocycles. The van der Waals surface area contributed by atoms with Crippen molar-refractivity contribution in [1.29, 1.82) is 0 Å². The van der Waals surface area contributed by atoms with Gasteiger partial charge in [-0.05, 0) is 37.9 Å². The molecule has 0 N–H and O–H groups in total. The SMILES string of the molecule is CN(C)Cc1[c]ccc(Cl)c1. The predicted molar refractivity (Wildman–Crippen MR) is 47.7 cm³/mol. The molecule has 0 saturated heterocycles. The number of rotatable bonds is 2. The average Bonchev–Trinajstić information content (AvgIpc) is 1.85. The minimum absolute atomic E-state index is 0.778. The summed E-state index contributed by atoms with van der Waals surface area (Å²) in [5, 5.41) is 0.778. The van der Waals surface area contributed by atoms with E-state index in [9.17, 15) is 0 Å². The third-order valence-electron chi connectivity index (χ3n) is 1.31. The minimum Gasteiger partial charge on any atom is -0.305 e. The van der Waals surface area contributed by atoms with Crippen LogP contribution in [0.4, 0.5) is 0 Å². The first-order chi connectivity index (χ1) is 5.18. The van der Waals surface area contributed by atoms with E-state index in [2.05, 4.69) is 11.0 Å². The summed E-state index contributed by atoms with van der Waals surface area (Å²) in [5.41, 5.74) is 1.13. The van der Waals surface area contributed by atoms with Gasteiger partial charge in [-0.25, -0.2) is 0 Å². The van der Waals surface area contributed by atoms with E-state index < -0.39 is 0 Å². The van der Waals surface area contributed by atoms with E-state index in [0.717, 1.165) is 17.1 Å². The van der Waals surface area contributed by atoms with Crippen molar-refractivity contribution in [3.63, 3.8) is 0 Å². The first-order valence-corrected chi connectivity index (χ1v) is 3.87. The van der Waals surface area contributed by atoms with Crippen LogP contribution in [0.2, 0.25) is 5.02 Å². The van der Waals surface area contributed by atoms with Gasteiger partial charge in [0.2, 0.25) is 0 Å². The summed E-state index contributed by atoms with van der Waals surface area (Å²) >= 11 is 5.79. The van der Waals surface area contributed by atoms with Crippen molar-refractivity contribution in [2.24, 2.45) is 0 Å². The maximum atomic E-state index is 5.79. The molecule has 1 aromatic carbocycles. The van der Waals surface area contributed by atoms with E-state index in [4.69, 9.17) is 11.6 Å². The summed E-state index contributed by atoms with van der Waals surface area (Å²) in [7, 11) is 4.05. The zero-order valence-corrected chi connectivity index (χ0v) is 7.52. The zero-order chi connectivity index (χ0) is 8.27. The van der Waals surface area contributed by atoms with Gasteiger partial charge >= 0.3 is 0 Å². The molecule has 0 aliphatic carbocycles. The Morgan fingerprint density at radius 3 is 2.82 bits per heavy atom. The van der Waals surface area contributed by atoms with Gasteiger partial charge in [-0.2, -0.15) is 0 Å². The largest absolute Gasteiger partial charge is 0.305 e. The summed E-state index contributed by atoms with van der Waals surface area (Å²) in [6, 6.07) is 8.73. The summed E-state index contributed by atoms with van der Waals surface area (Å²) in [6.07, 6.45) is 0. The minimum atomic E-state index is 0.778. The molecule has 0 aliphatic rings. The summed E-state index contributed by atoms with van der Waals surface area (Å²) < 4.78 is 0. The maximum Gasteiger partial charge on any atom is 0.0409 e. The van der Waals surface area contributed by atoms with Crippen LogP contribution in [0.25, 0.3) is 0 Å². The Morgan fingerprint density at radius 1 is 1.55 bits per heavy atom. The Labute approximate surface area is 72.6 Å². The van der Waals surface area contributed by atoms with Gasteiger partial charge in [0.1, 0.15) is 0 Å². The number of hydrogen-bond donors (Lipinski definition) is 0. The maximum absolute atomic E-state index is 5.79. The smallest absolute Gasteiger partial charge is 0.0409 e. The molecule has 0 heterocycles. The number of benzene rings is 1. The first kappa shape index (κ1) is 8.57. The standard InChI is InChI=1S/C9H11ClN/c1-11(2)7-8-4-3-5-9(10)6-8/h3,5-6H,7H2,1-2H3. The number of hydrogen-bond acceptors (Lipinski definition) is 1. The molecule has 0 spiro atoms. The van der Waals surface area contributed by atoms with Crippen LogP contribution in [0.1, 0.15) is 5.56 Å².